The van der Waals surface area contributed by atoms with Crippen LogP contribution >= 0.6 is 0 Å². The molecule has 0 fully saturated rings. The third-order valence-corrected chi connectivity index (χ3v) is 2.84. The van der Waals surface area contributed by atoms with Crippen molar-refractivity contribution in [2.45, 2.75) is 26.3 Å². The van der Waals surface area contributed by atoms with Crippen molar-refractivity contribution >= 4 is 17.8 Å². The fraction of sp³-hybridized carbons (Fsp3) is 0.545. The molecule has 0 saturated carbocycles. The zero-order valence-corrected chi connectivity index (χ0v) is 9.97. The molecule has 0 spiro atoms. The van der Waals surface area contributed by atoms with E-state index in [-0.39, 0.29) is 13.0 Å². The Bertz CT molecular complexity index is 339. The minimum absolute atomic E-state index is 0.0192. The normalized spacial score (nSPS) is 15.6. The van der Waals surface area contributed by atoms with Crippen molar-refractivity contribution in [1.29, 1.82) is 0 Å². The van der Waals surface area contributed by atoms with Gasteiger partial charge in [-0.3, -0.25) is 0 Å². The molecule has 17 heavy (non-hydrogen) atoms. The van der Waals surface area contributed by atoms with Crippen LogP contribution in [0, 0.1) is 0 Å². The number of rotatable bonds is 7. The van der Waals surface area contributed by atoms with Gasteiger partial charge in [0, 0.05) is 12.5 Å². The second-order valence-electron chi connectivity index (χ2n) is 3.67. The molecule has 0 aliphatic heterocycles. The number of carbonyl (C=O) groups is 3. The first-order valence-corrected chi connectivity index (χ1v) is 5.30. The van der Waals surface area contributed by atoms with Crippen LogP contribution < -0.4 is 10.2 Å². The van der Waals surface area contributed by atoms with Crippen LogP contribution in [0.5, 0.6) is 0 Å². The van der Waals surface area contributed by atoms with Crippen LogP contribution in [-0.2, 0) is 14.4 Å². The molecule has 0 aliphatic rings. The van der Waals surface area contributed by atoms with Crippen molar-refractivity contribution < 1.29 is 29.1 Å². The summed E-state index contributed by atoms with van der Waals surface area (Å²) in [6.07, 6.45) is 1.01. The lowest BCUT2D eigenvalue weighted by Gasteiger charge is -2.41. The Labute approximate surface area is 99.7 Å². The van der Waals surface area contributed by atoms with E-state index in [2.05, 4.69) is 6.58 Å². The lowest BCUT2D eigenvalue weighted by molar-refractivity contribution is -0.864. The van der Waals surface area contributed by atoms with Gasteiger partial charge in [-0.15, -0.1) is 0 Å². The summed E-state index contributed by atoms with van der Waals surface area (Å²) in [6, 6.07) is -1.22. The second kappa shape index (κ2) is 6.15. The number of nitrogens with zero attached hydrogens (tertiary/aromatic N) is 1. The maximum atomic E-state index is 11.8. The van der Waals surface area contributed by atoms with Crippen LogP contribution in [0.4, 0.5) is 0 Å². The highest BCUT2D eigenvalue weighted by Crippen LogP contribution is 2.17. The largest absolute Gasteiger partial charge is 0.544 e. The van der Waals surface area contributed by atoms with E-state index in [1.807, 2.05) is 0 Å². The van der Waals surface area contributed by atoms with Crippen molar-refractivity contribution in [3.8, 4) is 0 Å². The first-order chi connectivity index (χ1) is 7.85. The zero-order chi connectivity index (χ0) is 13.6. The van der Waals surface area contributed by atoms with E-state index in [0.717, 1.165) is 6.08 Å². The Kier molecular flexibility index (Phi) is 5.53. The molecule has 0 rings (SSSR count). The quantitative estimate of drug-likeness (QED) is 0.373. The van der Waals surface area contributed by atoms with Gasteiger partial charge in [-0.05, 0) is 6.92 Å². The Morgan fingerprint density at radius 2 is 1.82 bits per heavy atom. The number of quaternary nitrogens is 1. The minimum Gasteiger partial charge on any atom is -0.544 e. The molecule has 1 amide bonds. The van der Waals surface area contributed by atoms with E-state index in [9.17, 15) is 24.6 Å². The molecular weight excluding hydrogens is 226 g/mol. The van der Waals surface area contributed by atoms with E-state index in [1.165, 1.54) is 6.92 Å². The molecule has 0 aromatic carbocycles. The van der Waals surface area contributed by atoms with Crippen LogP contribution in [0.15, 0.2) is 12.7 Å². The average molecular weight is 242 g/mol. The van der Waals surface area contributed by atoms with Crippen molar-refractivity contribution in [1.82, 2.24) is 0 Å². The van der Waals surface area contributed by atoms with Gasteiger partial charge in [-0.1, -0.05) is 13.5 Å². The van der Waals surface area contributed by atoms with E-state index in [4.69, 9.17) is 0 Å². The van der Waals surface area contributed by atoms with Crippen LogP contribution in [0.1, 0.15) is 20.3 Å². The van der Waals surface area contributed by atoms with E-state index in [1.54, 1.807) is 6.92 Å². The molecule has 0 bridgehead atoms. The summed E-state index contributed by atoms with van der Waals surface area (Å²) in [5.74, 6) is -3.60. The van der Waals surface area contributed by atoms with Gasteiger partial charge in [0.2, 0.25) is 0 Å². The summed E-state index contributed by atoms with van der Waals surface area (Å²) >= 11 is 0. The summed E-state index contributed by atoms with van der Waals surface area (Å²) in [6.45, 7) is 5.67. The van der Waals surface area contributed by atoms with Crippen LogP contribution in [-0.4, -0.2) is 41.5 Å². The molecule has 96 valence electrons. The molecule has 6 heteroatoms. The lowest BCUT2D eigenvalue weighted by atomic mass is 10.1. The second-order valence-corrected chi connectivity index (χ2v) is 3.67. The fourth-order valence-electron chi connectivity index (χ4n) is 1.96. The standard InChI is InChI=1S/C11H17NO5/c1-4-8(11(16)17)12(6-3,7-10(14)15)9(13)5-2/h5,8H,2,4,6-7H2,1,3H3,(H-,14,15,16,17)/p-1. The first kappa shape index (κ1) is 15.3. The van der Waals surface area contributed by atoms with E-state index >= 15 is 0 Å². The molecule has 0 saturated heterocycles. The Morgan fingerprint density at radius 3 is 2.06 bits per heavy atom. The Hall–Kier alpha value is -1.69. The van der Waals surface area contributed by atoms with Crippen LogP contribution in [0.3, 0.4) is 0 Å². The van der Waals surface area contributed by atoms with Gasteiger partial charge in [-0.25, -0.2) is 9.28 Å². The van der Waals surface area contributed by atoms with Crippen molar-refractivity contribution in [2.24, 2.45) is 0 Å². The summed E-state index contributed by atoms with van der Waals surface area (Å²) < 4.78 is -0.759. The van der Waals surface area contributed by atoms with Crippen molar-refractivity contribution in [3.05, 3.63) is 12.7 Å². The topological polar surface area (TPSA) is 97.3 Å². The third kappa shape index (κ3) is 3.13. The van der Waals surface area contributed by atoms with Gasteiger partial charge in [0.05, 0.1) is 18.5 Å². The molecule has 0 aromatic heterocycles. The molecule has 0 radical (unpaired) electrons. The molecule has 2 unspecified atom stereocenters. The Morgan fingerprint density at radius 1 is 1.29 bits per heavy atom. The van der Waals surface area contributed by atoms with Gasteiger partial charge >= 0.3 is 5.91 Å². The van der Waals surface area contributed by atoms with Crippen molar-refractivity contribution in [3.63, 3.8) is 0 Å². The lowest BCUT2D eigenvalue weighted by Crippen LogP contribution is -2.66. The third-order valence-electron chi connectivity index (χ3n) is 2.84. The number of carbonyl (C=O) groups excluding carboxylic acids is 3. The van der Waals surface area contributed by atoms with Crippen molar-refractivity contribution in [2.75, 3.05) is 13.1 Å². The maximum absolute atomic E-state index is 11.8. The smallest absolute Gasteiger partial charge is 0.338 e. The van der Waals surface area contributed by atoms with Gasteiger partial charge in [0.25, 0.3) is 0 Å². The highest BCUT2D eigenvalue weighted by Gasteiger charge is 2.41. The number of carboxylic acid groups (broad SMARTS) is 2. The molecule has 0 aromatic rings. The van der Waals surface area contributed by atoms with E-state index in [0.29, 0.717) is 0 Å². The zero-order valence-electron chi connectivity index (χ0n) is 9.97. The van der Waals surface area contributed by atoms with Gasteiger partial charge in [-0.2, -0.15) is 0 Å². The summed E-state index contributed by atoms with van der Waals surface area (Å²) in [4.78, 5) is 33.5. The van der Waals surface area contributed by atoms with Crippen LogP contribution in [0.2, 0.25) is 0 Å². The molecule has 0 aliphatic carbocycles. The maximum Gasteiger partial charge on any atom is 0.338 e. The number of aliphatic carboxylic acids is 2. The summed E-state index contributed by atoms with van der Waals surface area (Å²) in [7, 11) is 0. The van der Waals surface area contributed by atoms with Gasteiger partial charge < -0.3 is 19.8 Å². The first-order valence-electron chi connectivity index (χ1n) is 5.30. The number of hydrogen-bond donors (Lipinski definition) is 0. The summed E-state index contributed by atoms with van der Waals surface area (Å²) in [5, 5.41) is 21.7. The number of carboxylic acids is 2. The number of hydrogen-bond acceptors (Lipinski definition) is 5. The molecule has 0 N–H and O–H groups in total. The van der Waals surface area contributed by atoms with Gasteiger partial charge in [0.1, 0.15) is 12.6 Å². The average Bonchev–Trinajstić information content (AvgIpc) is 2.26. The highest BCUT2D eigenvalue weighted by molar-refractivity contribution is 5.85. The van der Waals surface area contributed by atoms with Gasteiger partial charge in [0.15, 0.2) is 0 Å². The van der Waals surface area contributed by atoms with E-state index < -0.39 is 34.9 Å². The molecule has 2 atom stereocenters. The molecule has 0 heterocycles. The number of likely N-dealkylation sites (N-methyl/N-ethyl adjacent to an activating group) is 1. The molecule has 6 nitrogen and oxygen atoms in total. The predicted molar refractivity (Wildman–Crippen MR) is 55.0 cm³/mol. The highest BCUT2D eigenvalue weighted by atomic mass is 16.4. The fourth-order valence-corrected chi connectivity index (χ4v) is 1.96. The Balaban J connectivity index is 5.59. The van der Waals surface area contributed by atoms with Crippen LogP contribution in [0.25, 0.3) is 0 Å². The monoisotopic (exact) mass is 242 g/mol. The molecular formula is C11H16NO5-. The number of amides is 1. The minimum atomic E-state index is -1.48. The predicted octanol–water partition coefficient (Wildman–Crippen LogP) is -2.19. The SMILES string of the molecule is C=CC(=O)[N+](CC)(CC(=O)[O-])C(CC)C(=O)[O-]. The summed E-state index contributed by atoms with van der Waals surface area (Å²) in [5.41, 5.74) is 0.